The molecule has 2 N–H and O–H groups in total. The Morgan fingerprint density at radius 1 is 1.11 bits per heavy atom. The molecule has 0 heterocycles. The molecule has 0 aliphatic heterocycles. The van der Waals surface area contributed by atoms with Gasteiger partial charge in [-0.15, -0.1) is 11.8 Å². The molecule has 0 amide bonds. The fourth-order valence-electron chi connectivity index (χ4n) is 1.62. The summed E-state index contributed by atoms with van der Waals surface area (Å²) in [7, 11) is 0. The average Bonchev–Trinajstić information content (AvgIpc) is 2.38. The Morgan fingerprint density at radius 2 is 1.83 bits per heavy atom. The topological polar surface area (TPSA) is 26.0 Å². The molecule has 94 valence electrons. The second-order valence-corrected chi connectivity index (χ2v) is 5.33. The van der Waals surface area contributed by atoms with E-state index in [1.54, 1.807) is 23.9 Å². The lowest BCUT2D eigenvalue weighted by Gasteiger charge is -2.07. The summed E-state index contributed by atoms with van der Waals surface area (Å²) in [4.78, 5) is 1.03. The van der Waals surface area contributed by atoms with E-state index < -0.39 is 0 Å². The molecule has 0 aromatic heterocycles. The standard InChI is InChI=1S/C14H13ClFNS/c15-12-5-2-6-13(7-12)18-9-11-4-1-3-10(8-17)14(11)16/h1-7H,8-9,17H2. The maximum Gasteiger partial charge on any atom is 0.131 e. The van der Waals surface area contributed by atoms with Gasteiger partial charge in [0.15, 0.2) is 0 Å². The first kappa shape index (κ1) is 13.4. The summed E-state index contributed by atoms with van der Waals surface area (Å²) in [5, 5.41) is 0.691. The number of thioether (sulfide) groups is 1. The lowest BCUT2D eigenvalue weighted by Crippen LogP contribution is -2.02. The summed E-state index contributed by atoms with van der Waals surface area (Å²) in [6.45, 7) is 0.224. The van der Waals surface area contributed by atoms with Crippen molar-refractivity contribution in [1.29, 1.82) is 0 Å². The Bertz CT molecular complexity index is 545. The first-order chi connectivity index (χ1) is 8.70. The van der Waals surface area contributed by atoms with E-state index in [4.69, 9.17) is 17.3 Å². The van der Waals surface area contributed by atoms with E-state index in [1.165, 1.54) is 0 Å². The van der Waals surface area contributed by atoms with Gasteiger partial charge >= 0.3 is 0 Å². The van der Waals surface area contributed by atoms with Crippen LogP contribution in [0.15, 0.2) is 47.4 Å². The highest BCUT2D eigenvalue weighted by molar-refractivity contribution is 7.98. The van der Waals surface area contributed by atoms with Crippen molar-refractivity contribution in [3.05, 3.63) is 64.4 Å². The zero-order valence-corrected chi connectivity index (χ0v) is 11.3. The van der Waals surface area contributed by atoms with Crippen molar-refractivity contribution in [2.24, 2.45) is 5.73 Å². The molecule has 0 radical (unpaired) electrons. The second-order valence-electron chi connectivity index (χ2n) is 3.84. The predicted octanol–water partition coefficient (Wildman–Crippen LogP) is 4.23. The van der Waals surface area contributed by atoms with Crippen molar-refractivity contribution in [1.82, 2.24) is 0 Å². The summed E-state index contributed by atoms with van der Waals surface area (Å²) < 4.78 is 13.9. The summed E-state index contributed by atoms with van der Waals surface area (Å²) in [5.74, 6) is 0.370. The van der Waals surface area contributed by atoms with Crippen molar-refractivity contribution in [3.63, 3.8) is 0 Å². The van der Waals surface area contributed by atoms with Gasteiger partial charge in [-0.3, -0.25) is 0 Å². The van der Waals surface area contributed by atoms with Crippen LogP contribution in [0.25, 0.3) is 0 Å². The first-order valence-electron chi connectivity index (χ1n) is 5.55. The maximum atomic E-state index is 13.9. The van der Waals surface area contributed by atoms with E-state index in [1.807, 2.05) is 30.3 Å². The second kappa shape index (κ2) is 6.23. The van der Waals surface area contributed by atoms with Crippen molar-refractivity contribution >= 4 is 23.4 Å². The molecule has 1 nitrogen and oxygen atoms in total. The van der Waals surface area contributed by atoms with E-state index in [9.17, 15) is 4.39 Å². The Morgan fingerprint density at radius 3 is 2.56 bits per heavy atom. The van der Waals surface area contributed by atoms with Gasteiger partial charge in [-0.05, 0) is 23.8 Å². The van der Waals surface area contributed by atoms with Crippen molar-refractivity contribution in [2.45, 2.75) is 17.2 Å². The fraction of sp³-hybridized carbons (Fsp3) is 0.143. The molecule has 2 aromatic carbocycles. The van der Waals surface area contributed by atoms with E-state index >= 15 is 0 Å². The molecular weight excluding hydrogens is 269 g/mol. The molecule has 0 bridgehead atoms. The van der Waals surface area contributed by atoms with E-state index in [0.29, 0.717) is 21.9 Å². The van der Waals surface area contributed by atoms with Crippen LogP contribution in [0.2, 0.25) is 5.02 Å². The Kier molecular flexibility index (Phi) is 4.64. The summed E-state index contributed by atoms with van der Waals surface area (Å²) in [5.41, 5.74) is 6.71. The van der Waals surface area contributed by atoms with Crippen LogP contribution in [0.1, 0.15) is 11.1 Å². The first-order valence-corrected chi connectivity index (χ1v) is 6.92. The van der Waals surface area contributed by atoms with Gasteiger partial charge in [0.1, 0.15) is 5.82 Å². The molecule has 2 rings (SSSR count). The summed E-state index contributed by atoms with van der Waals surface area (Å²) >= 11 is 7.46. The number of nitrogens with two attached hydrogens (primary N) is 1. The van der Waals surface area contributed by atoms with Crippen LogP contribution in [-0.2, 0) is 12.3 Å². The predicted molar refractivity (Wildman–Crippen MR) is 75.3 cm³/mol. The van der Waals surface area contributed by atoms with Crippen LogP contribution in [0.4, 0.5) is 4.39 Å². The van der Waals surface area contributed by atoms with Gasteiger partial charge in [0.05, 0.1) is 0 Å². The number of rotatable bonds is 4. The molecular formula is C14H13ClFNS. The molecule has 0 saturated heterocycles. The Labute approximate surface area is 115 Å². The summed E-state index contributed by atoms with van der Waals surface area (Å²) in [6.07, 6.45) is 0. The lowest BCUT2D eigenvalue weighted by atomic mass is 10.1. The third-order valence-electron chi connectivity index (χ3n) is 2.57. The molecule has 0 atom stereocenters. The fourth-order valence-corrected chi connectivity index (χ4v) is 2.81. The van der Waals surface area contributed by atoms with E-state index in [0.717, 1.165) is 4.90 Å². The lowest BCUT2D eigenvalue weighted by molar-refractivity contribution is 0.600. The van der Waals surface area contributed by atoms with Gasteiger partial charge < -0.3 is 5.73 Å². The Balaban J connectivity index is 2.11. The highest BCUT2D eigenvalue weighted by atomic mass is 35.5. The van der Waals surface area contributed by atoms with Crippen LogP contribution in [0.5, 0.6) is 0 Å². The van der Waals surface area contributed by atoms with Crippen LogP contribution in [0, 0.1) is 5.82 Å². The number of hydrogen-bond acceptors (Lipinski definition) is 2. The van der Waals surface area contributed by atoms with Gasteiger partial charge in [-0.2, -0.15) is 0 Å². The zero-order valence-electron chi connectivity index (χ0n) is 9.70. The minimum absolute atomic E-state index is 0.200. The van der Waals surface area contributed by atoms with Gasteiger partial charge in [-0.1, -0.05) is 35.9 Å². The van der Waals surface area contributed by atoms with Crippen molar-refractivity contribution in [2.75, 3.05) is 0 Å². The quantitative estimate of drug-likeness (QED) is 0.849. The van der Waals surface area contributed by atoms with Gasteiger partial charge in [0, 0.05) is 27.8 Å². The Hall–Kier alpha value is -1.03. The minimum atomic E-state index is -0.200. The SMILES string of the molecule is NCc1cccc(CSc2cccc(Cl)c2)c1F. The molecule has 18 heavy (non-hydrogen) atoms. The number of hydrogen-bond donors (Lipinski definition) is 1. The molecule has 0 aliphatic rings. The monoisotopic (exact) mass is 281 g/mol. The van der Waals surface area contributed by atoms with Gasteiger partial charge in [0.25, 0.3) is 0 Å². The molecule has 0 spiro atoms. The van der Waals surface area contributed by atoms with Crippen molar-refractivity contribution < 1.29 is 4.39 Å². The normalized spacial score (nSPS) is 10.6. The number of benzene rings is 2. The molecule has 0 aliphatic carbocycles. The summed E-state index contributed by atoms with van der Waals surface area (Å²) in [6, 6.07) is 12.9. The van der Waals surface area contributed by atoms with Crippen LogP contribution >= 0.6 is 23.4 Å². The molecule has 0 unspecified atom stereocenters. The highest BCUT2D eigenvalue weighted by Crippen LogP contribution is 2.26. The van der Waals surface area contributed by atoms with Gasteiger partial charge in [-0.25, -0.2) is 4.39 Å². The third kappa shape index (κ3) is 3.25. The van der Waals surface area contributed by atoms with Gasteiger partial charge in [0.2, 0.25) is 0 Å². The smallest absolute Gasteiger partial charge is 0.131 e. The molecule has 0 fully saturated rings. The maximum absolute atomic E-state index is 13.9. The highest BCUT2D eigenvalue weighted by Gasteiger charge is 2.07. The largest absolute Gasteiger partial charge is 0.326 e. The zero-order chi connectivity index (χ0) is 13.0. The molecule has 4 heteroatoms. The van der Waals surface area contributed by atoms with E-state index in [2.05, 4.69) is 0 Å². The van der Waals surface area contributed by atoms with Crippen LogP contribution in [-0.4, -0.2) is 0 Å². The average molecular weight is 282 g/mol. The van der Waals surface area contributed by atoms with Crippen LogP contribution in [0.3, 0.4) is 0 Å². The molecule has 2 aromatic rings. The number of halogens is 2. The minimum Gasteiger partial charge on any atom is -0.326 e. The van der Waals surface area contributed by atoms with Crippen LogP contribution < -0.4 is 5.73 Å². The van der Waals surface area contributed by atoms with Crippen molar-refractivity contribution in [3.8, 4) is 0 Å². The van der Waals surface area contributed by atoms with E-state index in [-0.39, 0.29) is 12.4 Å². The molecule has 0 saturated carbocycles. The third-order valence-corrected chi connectivity index (χ3v) is 3.85.